The average Bonchev–Trinajstić information content (AvgIpc) is 3.09. The second kappa shape index (κ2) is 7.19. The topological polar surface area (TPSA) is 0 Å². The van der Waals surface area contributed by atoms with Gasteiger partial charge in [-0.05, 0) is 35.7 Å². The fraction of sp³-hybridized carbons (Fsp3) is 0.200. The number of halogens is 5. The number of rotatable bonds is 4. The summed E-state index contributed by atoms with van der Waals surface area (Å²) < 4.78 is 67.2. The monoisotopic (exact) mass is 382 g/mol. The molecule has 3 aromatic rings. The number of thiophene rings is 1. The van der Waals surface area contributed by atoms with Crippen LogP contribution in [0.1, 0.15) is 23.8 Å². The van der Waals surface area contributed by atoms with Crippen LogP contribution in [0.25, 0.3) is 21.6 Å². The molecule has 0 fully saturated rings. The van der Waals surface area contributed by atoms with E-state index in [0.717, 1.165) is 30.5 Å². The largest absolute Gasteiger partial charge is 0.425 e. The van der Waals surface area contributed by atoms with Crippen LogP contribution in [0, 0.1) is 11.6 Å². The van der Waals surface area contributed by atoms with Gasteiger partial charge < -0.3 is 0 Å². The van der Waals surface area contributed by atoms with Gasteiger partial charge in [-0.3, -0.25) is 0 Å². The highest BCUT2D eigenvalue weighted by molar-refractivity contribution is 7.15. The maximum absolute atomic E-state index is 14.5. The molecular weight excluding hydrogens is 367 g/mol. The van der Waals surface area contributed by atoms with Crippen molar-refractivity contribution in [2.45, 2.75) is 25.9 Å². The molecule has 0 saturated carbocycles. The van der Waals surface area contributed by atoms with Crippen LogP contribution in [-0.4, -0.2) is 0 Å². The predicted octanol–water partition coefficient (Wildman–Crippen LogP) is 7.33. The van der Waals surface area contributed by atoms with E-state index in [0.29, 0.717) is 16.9 Å². The summed E-state index contributed by atoms with van der Waals surface area (Å²) in [7, 11) is 0. The van der Waals surface area contributed by atoms with Gasteiger partial charge in [-0.2, -0.15) is 13.2 Å². The molecule has 136 valence electrons. The maximum atomic E-state index is 14.5. The van der Waals surface area contributed by atoms with E-state index in [4.69, 9.17) is 0 Å². The lowest BCUT2D eigenvalue weighted by atomic mass is 10.00. The molecule has 1 heterocycles. The van der Waals surface area contributed by atoms with Crippen molar-refractivity contribution in [3.8, 4) is 21.6 Å². The zero-order valence-corrected chi connectivity index (χ0v) is 14.6. The van der Waals surface area contributed by atoms with Gasteiger partial charge in [0.05, 0.1) is 0 Å². The normalized spacial score (nSPS) is 11.8. The highest BCUT2D eigenvalue weighted by Crippen LogP contribution is 2.40. The van der Waals surface area contributed by atoms with Crippen LogP contribution in [0.5, 0.6) is 0 Å². The molecule has 0 atom stereocenters. The van der Waals surface area contributed by atoms with Gasteiger partial charge in [-0.15, -0.1) is 11.3 Å². The third-order valence-electron chi connectivity index (χ3n) is 4.04. The lowest BCUT2D eigenvalue weighted by Crippen LogP contribution is -2.00. The molecule has 0 aliphatic carbocycles. The van der Waals surface area contributed by atoms with Gasteiger partial charge >= 0.3 is 6.18 Å². The molecule has 0 N–H and O–H groups in total. The summed E-state index contributed by atoms with van der Waals surface area (Å²) in [4.78, 5) is -0.804. The summed E-state index contributed by atoms with van der Waals surface area (Å²) >= 11 is 0.393. The van der Waals surface area contributed by atoms with Crippen molar-refractivity contribution in [3.05, 3.63) is 70.6 Å². The first-order valence-electron chi connectivity index (χ1n) is 8.06. The van der Waals surface area contributed by atoms with E-state index in [1.807, 2.05) is 12.1 Å². The van der Waals surface area contributed by atoms with Gasteiger partial charge in [0.1, 0.15) is 4.88 Å². The molecule has 6 heteroatoms. The Morgan fingerprint density at radius 1 is 0.808 bits per heavy atom. The van der Waals surface area contributed by atoms with E-state index < -0.39 is 22.7 Å². The smallest absolute Gasteiger partial charge is 0.203 e. The van der Waals surface area contributed by atoms with E-state index >= 15 is 0 Å². The molecule has 0 aliphatic rings. The van der Waals surface area contributed by atoms with Crippen LogP contribution < -0.4 is 0 Å². The summed E-state index contributed by atoms with van der Waals surface area (Å²) in [6.07, 6.45) is -2.62. The molecule has 0 amide bonds. The average molecular weight is 382 g/mol. The summed E-state index contributed by atoms with van der Waals surface area (Å²) in [5.41, 5.74) is 1.54. The Bertz CT molecular complexity index is 907. The van der Waals surface area contributed by atoms with Gasteiger partial charge in [0.15, 0.2) is 11.6 Å². The third kappa shape index (κ3) is 3.65. The number of alkyl halides is 3. The van der Waals surface area contributed by atoms with Crippen molar-refractivity contribution in [1.29, 1.82) is 0 Å². The number of hydrogen-bond acceptors (Lipinski definition) is 1. The van der Waals surface area contributed by atoms with E-state index in [-0.39, 0.29) is 16.0 Å². The summed E-state index contributed by atoms with van der Waals surface area (Å²) in [6.45, 7) is 2.05. The second-order valence-corrected chi connectivity index (χ2v) is 6.98. The highest BCUT2D eigenvalue weighted by Gasteiger charge is 2.33. The first-order valence-corrected chi connectivity index (χ1v) is 8.87. The third-order valence-corrected chi connectivity index (χ3v) is 5.20. The Morgan fingerprint density at radius 3 is 2.00 bits per heavy atom. The van der Waals surface area contributed by atoms with Crippen LogP contribution in [0.15, 0.2) is 48.5 Å². The van der Waals surface area contributed by atoms with E-state index in [1.165, 1.54) is 12.1 Å². The van der Waals surface area contributed by atoms with Crippen molar-refractivity contribution in [2.24, 2.45) is 0 Å². The quantitative estimate of drug-likeness (QED) is 0.414. The molecular formula is C20H15F5S. The fourth-order valence-electron chi connectivity index (χ4n) is 2.74. The molecule has 0 bridgehead atoms. The Labute approximate surface area is 151 Å². The SMILES string of the molecule is CCCc1ccc(-c2ccc(-c3ccc(C(F)(F)F)s3)c(F)c2F)cc1. The van der Waals surface area contributed by atoms with E-state index in [2.05, 4.69) is 6.92 Å². The van der Waals surface area contributed by atoms with Gasteiger partial charge in [0, 0.05) is 16.0 Å². The Hall–Kier alpha value is -2.21. The first-order chi connectivity index (χ1) is 12.3. The first kappa shape index (κ1) is 18.6. The second-order valence-electron chi connectivity index (χ2n) is 5.90. The lowest BCUT2D eigenvalue weighted by molar-refractivity contribution is -0.134. The number of aryl methyl sites for hydroxylation is 1. The van der Waals surface area contributed by atoms with Gasteiger partial charge in [-0.25, -0.2) is 8.78 Å². The minimum absolute atomic E-state index is 0.0403. The van der Waals surface area contributed by atoms with E-state index in [1.54, 1.807) is 12.1 Å². The van der Waals surface area contributed by atoms with Crippen LogP contribution in [0.2, 0.25) is 0 Å². The van der Waals surface area contributed by atoms with Crippen LogP contribution in [-0.2, 0) is 12.6 Å². The summed E-state index contributed by atoms with van der Waals surface area (Å²) in [6, 6.07) is 11.9. The standard InChI is InChI=1S/C20H15F5S/c1-2-3-12-4-6-13(7-5-12)14-8-9-15(19(22)18(14)21)16-10-11-17(26-16)20(23,24)25/h4-11H,2-3H2,1H3. The highest BCUT2D eigenvalue weighted by atomic mass is 32.1. The van der Waals surface area contributed by atoms with Crippen LogP contribution in [0.3, 0.4) is 0 Å². The minimum Gasteiger partial charge on any atom is -0.203 e. The molecule has 2 aromatic carbocycles. The van der Waals surface area contributed by atoms with Crippen molar-refractivity contribution >= 4 is 11.3 Å². The molecule has 0 saturated heterocycles. The fourth-order valence-corrected chi connectivity index (χ4v) is 3.63. The van der Waals surface area contributed by atoms with Gasteiger partial charge in [0.2, 0.25) is 0 Å². The van der Waals surface area contributed by atoms with E-state index in [9.17, 15) is 22.0 Å². The van der Waals surface area contributed by atoms with Crippen molar-refractivity contribution in [2.75, 3.05) is 0 Å². The number of benzene rings is 2. The van der Waals surface area contributed by atoms with Crippen molar-refractivity contribution < 1.29 is 22.0 Å². The molecule has 0 spiro atoms. The number of hydrogen-bond donors (Lipinski definition) is 0. The maximum Gasteiger partial charge on any atom is 0.425 e. The Morgan fingerprint density at radius 2 is 1.42 bits per heavy atom. The van der Waals surface area contributed by atoms with Crippen LogP contribution >= 0.6 is 11.3 Å². The van der Waals surface area contributed by atoms with Crippen molar-refractivity contribution in [1.82, 2.24) is 0 Å². The summed E-state index contributed by atoms with van der Waals surface area (Å²) in [5, 5.41) is 0. The van der Waals surface area contributed by atoms with Gasteiger partial charge in [0.25, 0.3) is 0 Å². The molecule has 0 unspecified atom stereocenters. The minimum atomic E-state index is -4.50. The van der Waals surface area contributed by atoms with Gasteiger partial charge in [-0.1, -0.05) is 43.7 Å². The van der Waals surface area contributed by atoms with Crippen molar-refractivity contribution in [3.63, 3.8) is 0 Å². The molecule has 0 nitrogen and oxygen atoms in total. The molecule has 1 aromatic heterocycles. The molecule has 3 rings (SSSR count). The summed E-state index contributed by atoms with van der Waals surface area (Å²) in [5.74, 6) is -2.21. The zero-order chi connectivity index (χ0) is 18.9. The zero-order valence-electron chi connectivity index (χ0n) is 13.8. The Kier molecular flexibility index (Phi) is 5.14. The molecule has 0 radical (unpaired) electrons. The van der Waals surface area contributed by atoms with Crippen LogP contribution in [0.4, 0.5) is 22.0 Å². The predicted molar refractivity (Wildman–Crippen MR) is 94.1 cm³/mol. The molecule has 26 heavy (non-hydrogen) atoms. The Balaban J connectivity index is 1.97. The lowest BCUT2D eigenvalue weighted by Gasteiger charge is -2.09. The molecule has 0 aliphatic heterocycles.